The van der Waals surface area contributed by atoms with E-state index in [0.717, 1.165) is 16.7 Å². The molecular formula is C16H24BrN3O. The van der Waals surface area contributed by atoms with Gasteiger partial charge in [-0.05, 0) is 57.1 Å². The number of carbonyl (C=O) groups excluding carboxylic acids is 1. The summed E-state index contributed by atoms with van der Waals surface area (Å²) in [5, 5.41) is 6.19. The summed E-state index contributed by atoms with van der Waals surface area (Å²) in [5.74, 6) is 0.00261. The van der Waals surface area contributed by atoms with Gasteiger partial charge in [-0.15, -0.1) is 0 Å². The molecule has 1 aromatic carbocycles. The maximum atomic E-state index is 11.9. The molecule has 1 fully saturated rings. The van der Waals surface area contributed by atoms with Crippen molar-refractivity contribution in [2.45, 2.75) is 32.2 Å². The molecule has 1 saturated heterocycles. The molecule has 2 rings (SSSR count). The monoisotopic (exact) mass is 353 g/mol. The van der Waals surface area contributed by atoms with Crippen LogP contribution >= 0.6 is 15.9 Å². The maximum absolute atomic E-state index is 11.9. The lowest BCUT2D eigenvalue weighted by Crippen LogP contribution is -2.43. The lowest BCUT2D eigenvalue weighted by Gasteiger charge is -2.29. The molecule has 4 nitrogen and oxygen atoms in total. The lowest BCUT2D eigenvalue weighted by molar-refractivity contribution is -0.115. The number of halogens is 1. The molecule has 1 unspecified atom stereocenters. The van der Waals surface area contributed by atoms with E-state index in [1.165, 1.54) is 32.4 Å². The Hall–Kier alpha value is -0.910. The third kappa shape index (κ3) is 6.16. The summed E-state index contributed by atoms with van der Waals surface area (Å²) >= 11 is 3.38. The predicted octanol–water partition coefficient (Wildman–Crippen LogP) is 2.85. The number of amides is 1. The second-order valence-corrected chi connectivity index (χ2v) is 6.61. The van der Waals surface area contributed by atoms with Gasteiger partial charge < -0.3 is 15.5 Å². The van der Waals surface area contributed by atoms with E-state index in [1.54, 1.807) is 0 Å². The van der Waals surface area contributed by atoms with Crippen LogP contribution in [0.25, 0.3) is 0 Å². The van der Waals surface area contributed by atoms with E-state index in [1.807, 2.05) is 24.3 Å². The van der Waals surface area contributed by atoms with Crippen molar-refractivity contribution in [3.8, 4) is 0 Å². The van der Waals surface area contributed by atoms with Gasteiger partial charge in [-0.25, -0.2) is 0 Å². The van der Waals surface area contributed by atoms with Crippen molar-refractivity contribution in [3.05, 3.63) is 28.7 Å². The summed E-state index contributed by atoms with van der Waals surface area (Å²) in [6, 6.07) is 7.95. The molecule has 0 radical (unpaired) electrons. The number of piperidine rings is 1. The molecule has 1 aliphatic rings. The Balaban J connectivity index is 1.66. The van der Waals surface area contributed by atoms with Crippen molar-refractivity contribution in [2.75, 3.05) is 31.5 Å². The van der Waals surface area contributed by atoms with E-state index in [-0.39, 0.29) is 5.91 Å². The van der Waals surface area contributed by atoms with Crippen molar-refractivity contribution in [2.24, 2.45) is 0 Å². The van der Waals surface area contributed by atoms with E-state index in [4.69, 9.17) is 0 Å². The first-order chi connectivity index (χ1) is 10.1. The molecule has 0 spiro atoms. The fraction of sp³-hybridized carbons (Fsp3) is 0.562. The zero-order chi connectivity index (χ0) is 15.1. The van der Waals surface area contributed by atoms with E-state index in [0.29, 0.717) is 12.6 Å². The predicted molar refractivity (Wildman–Crippen MR) is 90.5 cm³/mol. The summed E-state index contributed by atoms with van der Waals surface area (Å²) in [7, 11) is 0. The van der Waals surface area contributed by atoms with Gasteiger partial charge >= 0.3 is 0 Å². The molecule has 0 bridgehead atoms. The smallest absolute Gasteiger partial charge is 0.238 e. The standard InChI is InChI=1S/C16H24BrN3O/c1-13(12-20-9-3-2-4-10-20)18-11-16(21)19-15-7-5-14(17)6-8-15/h5-8,13,18H,2-4,9-12H2,1H3,(H,19,21). The molecule has 5 heteroatoms. The van der Waals surface area contributed by atoms with Crippen LogP contribution in [-0.4, -0.2) is 43.0 Å². The quantitative estimate of drug-likeness (QED) is 0.826. The van der Waals surface area contributed by atoms with Crippen molar-refractivity contribution in [1.82, 2.24) is 10.2 Å². The Kier molecular flexibility index (Phi) is 6.67. The van der Waals surface area contributed by atoms with Crippen LogP contribution < -0.4 is 10.6 Å². The number of rotatable bonds is 6. The number of anilines is 1. The molecule has 0 saturated carbocycles. The van der Waals surface area contributed by atoms with Gasteiger partial charge in [0.25, 0.3) is 0 Å². The fourth-order valence-corrected chi connectivity index (χ4v) is 2.86. The van der Waals surface area contributed by atoms with Gasteiger partial charge in [0.1, 0.15) is 0 Å². The summed E-state index contributed by atoms with van der Waals surface area (Å²) in [4.78, 5) is 14.4. The number of likely N-dealkylation sites (tertiary alicyclic amines) is 1. The Labute approximate surface area is 135 Å². The van der Waals surface area contributed by atoms with E-state index in [9.17, 15) is 4.79 Å². The first kappa shape index (κ1) is 16.5. The maximum Gasteiger partial charge on any atom is 0.238 e. The van der Waals surface area contributed by atoms with Crippen LogP contribution in [0.1, 0.15) is 26.2 Å². The second-order valence-electron chi connectivity index (χ2n) is 5.70. The van der Waals surface area contributed by atoms with Crippen LogP contribution in [0.5, 0.6) is 0 Å². The van der Waals surface area contributed by atoms with Crippen LogP contribution in [0.4, 0.5) is 5.69 Å². The van der Waals surface area contributed by atoms with Gasteiger partial charge in [0.05, 0.1) is 6.54 Å². The molecule has 0 aliphatic carbocycles. The third-order valence-electron chi connectivity index (χ3n) is 3.72. The molecule has 21 heavy (non-hydrogen) atoms. The average molecular weight is 354 g/mol. The van der Waals surface area contributed by atoms with E-state index >= 15 is 0 Å². The molecule has 0 aromatic heterocycles. The molecular weight excluding hydrogens is 330 g/mol. The van der Waals surface area contributed by atoms with Gasteiger partial charge in [0, 0.05) is 22.7 Å². The third-order valence-corrected chi connectivity index (χ3v) is 4.25. The number of hydrogen-bond acceptors (Lipinski definition) is 3. The Morgan fingerprint density at radius 1 is 1.24 bits per heavy atom. The lowest BCUT2D eigenvalue weighted by atomic mass is 10.1. The summed E-state index contributed by atoms with van der Waals surface area (Å²) in [6.45, 7) is 5.90. The van der Waals surface area contributed by atoms with Crippen LogP contribution in [0.2, 0.25) is 0 Å². The number of carbonyl (C=O) groups is 1. The molecule has 116 valence electrons. The number of nitrogens with one attached hydrogen (secondary N) is 2. The summed E-state index contributed by atoms with van der Waals surface area (Å²) in [5.41, 5.74) is 0.827. The highest BCUT2D eigenvalue weighted by atomic mass is 79.9. The average Bonchev–Trinajstić information content (AvgIpc) is 2.49. The number of nitrogens with zero attached hydrogens (tertiary/aromatic N) is 1. The number of benzene rings is 1. The summed E-state index contributed by atoms with van der Waals surface area (Å²) < 4.78 is 1.01. The normalized spacial score (nSPS) is 17.4. The van der Waals surface area contributed by atoms with E-state index in [2.05, 4.69) is 38.4 Å². The van der Waals surface area contributed by atoms with Gasteiger partial charge in [-0.1, -0.05) is 22.4 Å². The van der Waals surface area contributed by atoms with Crippen molar-refractivity contribution in [1.29, 1.82) is 0 Å². The van der Waals surface area contributed by atoms with Gasteiger partial charge in [-0.2, -0.15) is 0 Å². The largest absolute Gasteiger partial charge is 0.325 e. The van der Waals surface area contributed by atoms with E-state index < -0.39 is 0 Å². The van der Waals surface area contributed by atoms with Gasteiger partial charge in [-0.3, -0.25) is 4.79 Å². The molecule has 1 amide bonds. The van der Waals surface area contributed by atoms with Gasteiger partial charge in [0.15, 0.2) is 0 Å². The Morgan fingerprint density at radius 2 is 1.90 bits per heavy atom. The zero-order valence-corrected chi connectivity index (χ0v) is 14.2. The molecule has 1 atom stereocenters. The minimum atomic E-state index is 0.00261. The fourth-order valence-electron chi connectivity index (χ4n) is 2.60. The first-order valence-electron chi connectivity index (χ1n) is 7.64. The number of hydrogen-bond donors (Lipinski definition) is 2. The van der Waals surface area contributed by atoms with Crippen molar-refractivity contribution in [3.63, 3.8) is 0 Å². The van der Waals surface area contributed by atoms with Crippen LogP contribution in [0.15, 0.2) is 28.7 Å². The molecule has 1 aromatic rings. The SMILES string of the molecule is CC(CN1CCCCC1)NCC(=O)Nc1ccc(Br)cc1. The van der Waals surface area contributed by atoms with Crippen LogP contribution in [0, 0.1) is 0 Å². The second kappa shape index (κ2) is 8.51. The van der Waals surface area contributed by atoms with Crippen LogP contribution in [0.3, 0.4) is 0 Å². The minimum Gasteiger partial charge on any atom is -0.325 e. The minimum absolute atomic E-state index is 0.00261. The summed E-state index contributed by atoms with van der Waals surface area (Å²) in [6.07, 6.45) is 3.96. The highest BCUT2D eigenvalue weighted by Gasteiger charge is 2.13. The van der Waals surface area contributed by atoms with Crippen molar-refractivity contribution >= 4 is 27.5 Å². The van der Waals surface area contributed by atoms with Crippen molar-refractivity contribution < 1.29 is 4.79 Å². The topological polar surface area (TPSA) is 44.4 Å². The highest BCUT2D eigenvalue weighted by molar-refractivity contribution is 9.10. The molecule has 1 heterocycles. The van der Waals surface area contributed by atoms with Gasteiger partial charge in [0.2, 0.25) is 5.91 Å². The zero-order valence-electron chi connectivity index (χ0n) is 12.6. The Bertz CT molecular complexity index is 443. The first-order valence-corrected chi connectivity index (χ1v) is 8.44. The highest BCUT2D eigenvalue weighted by Crippen LogP contribution is 2.13. The molecule has 2 N–H and O–H groups in total. The Morgan fingerprint density at radius 3 is 2.57 bits per heavy atom. The molecule has 1 aliphatic heterocycles. The van der Waals surface area contributed by atoms with Crippen LogP contribution in [-0.2, 0) is 4.79 Å².